The minimum absolute atomic E-state index is 0.113. The van der Waals surface area contributed by atoms with Crippen LogP contribution in [0.1, 0.15) is 22.8 Å². The van der Waals surface area contributed by atoms with Crippen LogP contribution in [0, 0.1) is 0 Å². The van der Waals surface area contributed by atoms with E-state index in [1.807, 2.05) is 0 Å². The molecule has 1 aliphatic heterocycles. The lowest BCUT2D eigenvalue weighted by Gasteiger charge is -2.14. The number of carboxylic acids is 2. The largest absolute Gasteiger partial charge is 0.479 e. The summed E-state index contributed by atoms with van der Waals surface area (Å²) in [5.41, 5.74) is 1.25. The van der Waals surface area contributed by atoms with E-state index in [9.17, 15) is 14.4 Å². The third-order valence-electron chi connectivity index (χ3n) is 3.98. The van der Waals surface area contributed by atoms with Crippen molar-refractivity contribution in [2.24, 2.45) is 0 Å². The van der Waals surface area contributed by atoms with E-state index in [-0.39, 0.29) is 11.5 Å². The summed E-state index contributed by atoms with van der Waals surface area (Å²) in [6.45, 7) is 1.43. The van der Waals surface area contributed by atoms with Gasteiger partial charge in [0.2, 0.25) is 0 Å². The molecule has 0 aliphatic carbocycles. The van der Waals surface area contributed by atoms with E-state index in [0.29, 0.717) is 26.2 Å². The number of thioether (sulfide) groups is 1. The summed E-state index contributed by atoms with van der Waals surface area (Å²) in [7, 11) is 0. The van der Waals surface area contributed by atoms with Gasteiger partial charge in [0.15, 0.2) is 10.4 Å². The van der Waals surface area contributed by atoms with E-state index < -0.39 is 18.0 Å². The zero-order valence-electron chi connectivity index (χ0n) is 15.1. The maximum absolute atomic E-state index is 12.8. The second-order valence-electron chi connectivity index (χ2n) is 6.04. The number of hydrogen-bond acceptors (Lipinski definition) is 6. The molecule has 7 nitrogen and oxygen atoms in total. The molecule has 29 heavy (non-hydrogen) atoms. The lowest BCUT2D eigenvalue weighted by Crippen LogP contribution is -2.27. The lowest BCUT2D eigenvalue weighted by atomic mass is 10.2. The highest BCUT2D eigenvalue weighted by Gasteiger charge is 2.33. The molecule has 2 aromatic carbocycles. The van der Waals surface area contributed by atoms with Crippen LogP contribution in [-0.2, 0) is 9.59 Å². The summed E-state index contributed by atoms with van der Waals surface area (Å²) in [5, 5.41) is 18.0. The second-order valence-corrected chi connectivity index (χ2v) is 7.72. The van der Waals surface area contributed by atoms with Gasteiger partial charge in [-0.05, 0) is 55.0 Å². The maximum atomic E-state index is 12.8. The molecule has 2 aromatic rings. The van der Waals surface area contributed by atoms with Crippen molar-refractivity contribution < 1.29 is 29.3 Å². The Hall–Kier alpha value is -3.17. The molecule has 3 rings (SSSR count). The average Bonchev–Trinajstić information content (AvgIpc) is 2.95. The van der Waals surface area contributed by atoms with Gasteiger partial charge in [0, 0.05) is 0 Å². The van der Waals surface area contributed by atoms with E-state index in [0.717, 1.165) is 11.8 Å². The highest BCUT2D eigenvalue weighted by molar-refractivity contribution is 8.27. The highest BCUT2D eigenvalue weighted by Crippen LogP contribution is 2.36. The van der Waals surface area contributed by atoms with Crippen molar-refractivity contribution in [2.75, 3.05) is 4.90 Å². The van der Waals surface area contributed by atoms with Crippen molar-refractivity contribution >= 4 is 57.9 Å². The summed E-state index contributed by atoms with van der Waals surface area (Å²) in [6, 6.07) is 12.6. The quantitative estimate of drug-likeness (QED) is 0.530. The maximum Gasteiger partial charge on any atom is 0.344 e. The fourth-order valence-corrected chi connectivity index (χ4v) is 3.83. The first-order valence-corrected chi connectivity index (χ1v) is 9.59. The van der Waals surface area contributed by atoms with Crippen LogP contribution in [0.4, 0.5) is 5.69 Å². The van der Waals surface area contributed by atoms with E-state index >= 15 is 0 Å². The van der Waals surface area contributed by atoms with E-state index in [1.165, 1.54) is 36.1 Å². The van der Waals surface area contributed by atoms with Gasteiger partial charge in [0.1, 0.15) is 5.75 Å². The van der Waals surface area contributed by atoms with Crippen LogP contribution in [0.25, 0.3) is 6.08 Å². The monoisotopic (exact) mass is 429 g/mol. The molecule has 1 unspecified atom stereocenters. The molecule has 1 amide bonds. The van der Waals surface area contributed by atoms with Crippen LogP contribution < -0.4 is 9.64 Å². The van der Waals surface area contributed by atoms with Gasteiger partial charge < -0.3 is 14.9 Å². The molecule has 1 fully saturated rings. The number of amides is 1. The minimum Gasteiger partial charge on any atom is -0.479 e. The van der Waals surface area contributed by atoms with Gasteiger partial charge in [0.25, 0.3) is 5.91 Å². The van der Waals surface area contributed by atoms with Crippen molar-refractivity contribution in [1.29, 1.82) is 0 Å². The van der Waals surface area contributed by atoms with Crippen molar-refractivity contribution in [3.63, 3.8) is 0 Å². The Kier molecular flexibility index (Phi) is 6.00. The number of rotatable bonds is 6. The van der Waals surface area contributed by atoms with Crippen LogP contribution >= 0.6 is 24.0 Å². The number of carbonyl (C=O) groups excluding carboxylic acids is 1. The van der Waals surface area contributed by atoms with Crippen LogP contribution in [0.5, 0.6) is 5.75 Å². The molecule has 1 saturated heterocycles. The Morgan fingerprint density at radius 1 is 1.17 bits per heavy atom. The van der Waals surface area contributed by atoms with E-state index in [1.54, 1.807) is 30.3 Å². The molecule has 0 saturated carbocycles. The molecule has 2 N–H and O–H groups in total. The molecule has 0 spiro atoms. The minimum atomic E-state index is -1.08. The smallest absolute Gasteiger partial charge is 0.344 e. The third kappa shape index (κ3) is 4.64. The number of carbonyl (C=O) groups is 3. The van der Waals surface area contributed by atoms with Crippen LogP contribution in [-0.4, -0.2) is 38.5 Å². The first kappa shape index (κ1) is 20.6. The Morgan fingerprint density at radius 3 is 2.48 bits per heavy atom. The normalized spacial score (nSPS) is 16.2. The fraction of sp³-hybridized carbons (Fsp3) is 0.100. The molecular weight excluding hydrogens is 414 g/mol. The number of thiocarbonyl (C=S) groups is 1. The lowest BCUT2D eigenvalue weighted by molar-refractivity contribution is -0.144. The van der Waals surface area contributed by atoms with Gasteiger partial charge in [-0.3, -0.25) is 9.69 Å². The number of anilines is 1. The van der Waals surface area contributed by atoms with Crippen molar-refractivity contribution in [3.8, 4) is 5.75 Å². The van der Waals surface area contributed by atoms with Gasteiger partial charge in [0.05, 0.1) is 16.2 Å². The number of hydrogen-bond donors (Lipinski definition) is 2. The van der Waals surface area contributed by atoms with Gasteiger partial charge >= 0.3 is 11.9 Å². The second kappa shape index (κ2) is 8.46. The fourth-order valence-electron chi connectivity index (χ4n) is 2.53. The zero-order chi connectivity index (χ0) is 21.1. The number of aliphatic carboxylic acids is 1. The molecular formula is C20H15NO6S2. The number of nitrogens with zero attached hydrogens (tertiary/aromatic N) is 1. The van der Waals surface area contributed by atoms with E-state index in [4.69, 9.17) is 27.2 Å². The predicted molar refractivity (Wildman–Crippen MR) is 113 cm³/mol. The summed E-state index contributed by atoms with van der Waals surface area (Å²) in [4.78, 5) is 36.5. The average molecular weight is 429 g/mol. The SMILES string of the molecule is CC(Oc1cccc(/C=C2\SC(=S)N(c3ccc(C(=O)O)cc3)C2=O)c1)C(=O)O. The molecule has 9 heteroatoms. The number of carboxylic acid groups (broad SMARTS) is 2. The van der Waals surface area contributed by atoms with Crippen molar-refractivity contribution in [3.05, 3.63) is 64.6 Å². The van der Waals surface area contributed by atoms with Crippen molar-refractivity contribution in [2.45, 2.75) is 13.0 Å². The Labute approximate surface area is 175 Å². The molecule has 0 aromatic heterocycles. The van der Waals surface area contributed by atoms with Crippen LogP contribution in [0.2, 0.25) is 0 Å². The van der Waals surface area contributed by atoms with Gasteiger partial charge in [-0.2, -0.15) is 0 Å². The first-order valence-electron chi connectivity index (χ1n) is 8.37. The van der Waals surface area contributed by atoms with Gasteiger partial charge in [-0.15, -0.1) is 0 Å². The Bertz CT molecular complexity index is 1030. The zero-order valence-corrected chi connectivity index (χ0v) is 16.7. The summed E-state index contributed by atoms with van der Waals surface area (Å²) in [5.74, 6) is -2.09. The summed E-state index contributed by atoms with van der Waals surface area (Å²) < 4.78 is 5.67. The molecule has 148 valence electrons. The molecule has 1 atom stereocenters. The molecule has 0 bridgehead atoms. The third-order valence-corrected chi connectivity index (χ3v) is 5.28. The number of aromatic carboxylic acids is 1. The molecule has 1 heterocycles. The van der Waals surface area contributed by atoms with Crippen molar-refractivity contribution in [1.82, 2.24) is 0 Å². The van der Waals surface area contributed by atoms with E-state index in [2.05, 4.69) is 0 Å². The first-order chi connectivity index (χ1) is 13.8. The molecule has 1 aliphatic rings. The molecule has 0 radical (unpaired) electrons. The van der Waals surface area contributed by atoms with Gasteiger partial charge in [-0.1, -0.05) is 36.1 Å². The summed E-state index contributed by atoms with van der Waals surface area (Å²) >= 11 is 6.43. The van der Waals surface area contributed by atoms with Gasteiger partial charge in [-0.25, -0.2) is 9.59 Å². The Balaban J connectivity index is 1.83. The summed E-state index contributed by atoms with van der Waals surface area (Å²) in [6.07, 6.45) is 0.640. The Morgan fingerprint density at radius 2 is 1.86 bits per heavy atom. The number of benzene rings is 2. The van der Waals surface area contributed by atoms with Crippen LogP contribution in [0.15, 0.2) is 53.4 Å². The van der Waals surface area contributed by atoms with Crippen LogP contribution in [0.3, 0.4) is 0 Å². The topological polar surface area (TPSA) is 104 Å². The predicted octanol–water partition coefficient (Wildman–Crippen LogP) is 3.64. The standard InChI is InChI=1S/C20H15NO6S2/c1-11(18(23)24)27-15-4-2-3-12(9-15)10-16-17(22)21(20(28)29-16)14-7-5-13(6-8-14)19(25)26/h2-11H,1H3,(H,23,24)(H,25,26)/b16-10-. The number of ether oxygens (including phenoxy) is 1. The highest BCUT2D eigenvalue weighted by atomic mass is 32.2.